The first kappa shape index (κ1) is 14.2. The molecule has 0 saturated carbocycles. The first-order chi connectivity index (χ1) is 10.8. The van der Waals surface area contributed by atoms with Crippen LogP contribution in [0.25, 0.3) is 22.5 Å². The monoisotopic (exact) mass is 296 g/mol. The zero-order valence-electron chi connectivity index (χ0n) is 12.1. The number of aromatic hydroxyl groups is 1. The van der Waals surface area contributed by atoms with Gasteiger partial charge in [0, 0.05) is 24.3 Å². The van der Waals surface area contributed by atoms with Gasteiger partial charge in [-0.1, -0.05) is 30.3 Å². The lowest BCUT2D eigenvalue weighted by Gasteiger charge is -2.07. The summed E-state index contributed by atoms with van der Waals surface area (Å²) in [4.78, 5) is 0. The van der Waals surface area contributed by atoms with E-state index in [2.05, 4.69) is 10.2 Å². The Hall–Kier alpha value is -2.79. The minimum atomic E-state index is 0.122. The van der Waals surface area contributed by atoms with Gasteiger partial charge in [-0.25, -0.2) is 0 Å². The van der Waals surface area contributed by atoms with Crippen molar-refractivity contribution in [2.24, 2.45) is 0 Å². The zero-order valence-corrected chi connectivity index (χ0v) is 12.1. The predicted molar refractivity (Wildman–Crippen MR) is 83.6 cm³/mol. The number of methoxy groups -OCH3 is 1. The van der Waals surface area contributed by atoms with Crippen molar-refractivity contribution in [1.29, 1.82) is 0 Å². The van der Waals surface area contributed by atoms with Gasteiger partial charge in [0.2, 0.25) is 0 Å². The van der Waals surface area contributed by atoms with Gasteiger partial charge in [-0.15, -0.1) is 0 Å². The number of aromatic amines is 1. The number of nitrogens with zero attached hydrogens (tertiary/aromatic N) is 1. The molecule has 0 unspecified atom stereocenters. The topological polar surface area (TPSA) is 67.4 Å². The van der Waals surface area contributed by atoms with E-state index in [9.17, 15) is 5.11 Å². The minimum absolute atomic E-state index is 0.122. The molecular formula is C17H16N2O3. The van der Waals surface area contributed by atoms with Gasteiger partial charge in [0.1, 0.15) is 11.5 Å². The number of H-pyrrole nitrogens is 1. The molecule has 112 valence electrons. The summed E-state index contributed by atoms with van der Waals surface area (Å²) in [6.07, 6.45) is 0. The average Bonchev–Trinajstić information content (AvgIpc) is 3.03. The summed E-state index contributed by atoms with van der Waals surface area (Å²) in [7, 11) is 1.55. The molecule has 0 aliphatic rings. The Labute approximate surface area is 128 Å². The molecule has 2 aromatic carbocycles. The highest BCUT2D eigenvalue weighted by atomic mass is 16.7. The van der Waals surface area contributed by atoms with Gasteiger partial charge in [0.15, 0.2) is 6.79 Å². The molecule has 0 aliphatic heterocycles. The van der Waals surface area contributed by atoms with Crippen LogP contribution in [-0.4, -0.2) is 29.2 Å². The largest absolute Gasteiger partial charge is 0.507 e. The molecule has 0 fully saturated rings. The van der Waals surface area contributed by atoms with E-state index in [0.717, 1.165) is 17.0 Å². The highest BCUT2D eigenvalue weighted by Crippen LogP contribution is 2.33. The molecule has 0 aliphatic carbocycles. The number of hydrogen-bond acceptors (Lipinski definition) is 4. The highest BCUT2D eigenvalue weighted by Gasteiger charge is 2.10. The third kappa shape index (κ3) is 2.94. The Morgan fingerprint density at radius 2 is 1.91 bits per heavy atom. The van der Waals surface area contributed by atoms with Gasteiger partial charge in [-0.05, 0) is 18.2 Å². The molecule has 3 rings (SSSR count). The van der Waals surface area contributed by atoms with E-state index in [0.29, 0.717) is 11.3 Å². The molecule has 2 N–H and O–H groups in total. The molecular weight excluding hydrogens is 280 g/mol. The van der Waals surface area contributed by atoms with Gasteiger partial charge < -0.3 is 14.6 Å². The normalized spacial score (nSPS) is 10.6. The lowest BCUT2D eigenvalue weighted by atomic mass is 10.1. The summed E-state index contributed by atoms with van der Waals surface area (Å²) >= 11 is 0. The molecule has 0 saturated heterocycles. The number of ether oxygens (including phenoxy) is 2. The zero-order chi connectivity index (χ0) is 15.4. The number of benzene rings is 2. The van der Waals surface area contributed by atoms with Crippen molar-refractivity contribution in [2.75, 3.05) is 13.9 Å². The van der Waals surface area contributed by atoms with Crippen molar-refractivity contribution >= 4 is 0 Å². The number of phenolic OH excluding ortho intramolecular Hbond substituents is 1. The van der Waals surface area contributed by atoms with Crippen LogP contribution in [0, 0.1) is 0 Å². The summed E-state index contributed by atoms with van der Waals surface area (Å²) in [5.74, 6) is 0.669. The maximum atomic E-state index is 10.2. The average molecular weight is 296 g/mol. The van der Waals surface area contributed by atoms with Crippen LogP contribution < -0.4 is 4.74 Å². The minimum Gasteiger partial charge on any atom is -0.507 e. The molecule has 0 bridgehead atoms. The standard InChI is InChI=1S/C17H16N2O3/c1-21-11-22-13-7-8-14(17(20)9-13)16-10-15(18-19-16)12-5-3-2-4-6-12/h2-10,20H,11H2,1H3,(H,18,19). The first-order valence-corrected chi connectivity index (χ1v) is 6.84. The quantitative estimate of drug-likeness (QED) is 0.708. The number of hydrogen-bond donors (Lipinski definition) is 2. The van der Waals surface area contributed by atoms with Crippen molar-refractivity contribution in [3.05, 3.63) is 54.6 Å². The second-order valence-electron chi connectivity index (χ2n) is 4.76. The molecule has 1 heterocycles. The summed E-state index contributed by atoms with van der Waals surface area (Å²) in [5, 5.41) is 17.4. The van der Waals surface area contributed by atoms with Crippen LogP contribution in [0.1, 0.15) is 0 Å². The smallest absolute Gasteiger partial charge is 0.188 e. The van der Waals surface area contributed by atoms with Crippen molar-refractivity contribution < 1.29 is 14.6 Å². The third-order valence-electron chi connectivity index (χ3n) is 3.25. The van der Waals surface area contributed by atoms with Crippen LogP contribution >= 0.6 is 0 Å². The van der Waals surface area contributed by atoms with Crippen molar-refractivity contribution in [2.45, 2.75) is 0 Å². The van der Waals surface area contributed by atoms with Gasteiger partial charge >= 0.3 is 0 Å². The Bertz CT molecular complexity index is 754. The molecule has 0 atom stereocenters. The van der Waals surface area contributed by atoms with E-state index in [1.807, 2.05) is 36.4 Å². The van der Waals surface area contributed by atoms with E-state index < -0.39 is 0 Å². The fourth-order valence-corrected chi connectivity index (χ4v) is 2.17. The molecule has 0 spiro atoms. The lowest BCUT2D eigenvalue weighted by Crippen LogP contribution is -1.98. The molecule has 3 aromatic rings. The Kier molecular flexibility index (Phi) is 4.07. The molecule has 0 radical (unpaired) electrons. The van der Waals surface area contributed by atoms with Crippen LogP contribution in [0.2, 0.25) is 0 Å². The lowest BCUT2D eigenvalue weighted by molar-refractivity contribution is 0.0510. The van der Waals surface area contributed by atoms with Crippen LogP contribution in [0.5, 0.6) is 11.5 Å². The summed E-state index contributed by atoms with van der Waals surface area (Å²) in [5.41, 5.74) is 3.26. The fraction of sp³-hybridized carbons (Fsp3) is 0.118. The summed E-state index contributed by atoms with van der Waals surface area (Å²) in [6, 6.07) is 16.9. The number of nitrogens with one attached hydrogen (secondary N) is 1. The fourth-order valence-electron chi connectivity index (χ4n) is 2.17. The van der Waals surface area contributed by atoms with Gasteiger partial charge in [-0.3, -0.25) is 5.10 Å². The van der Waals surface area contributed by atoms with Crippen molar-refractivity contribution in [3.63, 3.8) is 0 Å². The van der Waals surface area contributed by atoms with E-state index >= 15 is 0 Å². The van der Waals surface area contributed by atoms with Crippen LogP contribution in [0.15, 0.2) is 54.6 Å². The van der Waals surface area contributed by atoms with Crippen LogP contribution in [0.4, 0.5) is 0 Å². The Balaban J connectivity index is 1.87. The van der Waals surface area contributed by atoms with Gasteiger partial charge in [-0.2, -0.15) is 5.10 Å². The number of aromatic nitrogens is 2. The molecule has 5 heteroatoms. The Morgan fingerprint density at radius 1 is 1.09 bits per heavy atom. The second kappa shape index (κ2) is 6.32. The number of rotatable bonds is 5. The van der Waals surface area contributed by atoms with Crippen LogP contribution in [0.3, 0.4) is 0 Å². The molecule has 5 nitrogen and oxygen atoms in total. The van der Waals surface area contributed by atoms with Crippen molar-refractivity contribution in [3.8, 4) is 34.0 Å². The maximum Gasteiger partial charge on any atom is 0.188 e. The SMILES string of the molecule is COCOc1ccc(-c2cc(-c3ccccc3)n[nH]2)c(O)c1. The van der Waals surface area contributed by atoms with E-state index in [4.69, 9.17) is 9.47 Å². The highest BCUT2D eigenvalue weighted by molar-refractivity contribution is 5.72. The number of phenols is 1. The van der Waals surface area contributed by atoms with Crippen molar-refractivity contribution in [1.82, 2.24) is 10.2 Å². The second-order valence-corrected chi connectivity index (χ2v) is 4.76. The van der Waals surface area contributed by atoms with Gasteiger partial charge in [0.05, 0.1) is 11.4 Å². The Morgan fingerprint density at radius 3 is 2.64 bits per heavy atom. The maximum absolute atomic E-state index is 10.2. The van der Waals surface area contributed by atoms with Crippen LogP contribution in [-0.2, 0) is 4.74 Å². The molecule has 0 amide bonds. The van der Waals surface area contributed by atoms with Gasteiger partial charge in [0.25, 0.3) is 0 Å². The van der Waals surface area contributed by atoms with E-state index in [-0.39, 0.29) is 12.5 Å². The molecule has 22 heavy (non-hydrogen) atoms. The first-order valence-electron chi connectivity index (χ1n) is 6.84. The summed E-state index contributed by atoms with van der Waals surface area (Å²) < 4.78 is 10.1. The van der Waals surface area contributed by atoms with E-state index in [1.165, 1.54) is 0 Å². The van der Waals surface area contributed by atoms with E-state index in [1.54, 1.807) is 25.3 Å². The predicted octanol–water partition coefficient (Wildman–Crippen LogP) is 3.43. The summed E-state index contributed by atoms with van der Waals surface area (Å²) in [6.45, 7) is 0.140. The molecule has 1 aromatic heterocycles. The third-order valence-corrected chi connectivity index (χ3v) is 3.25.